The first kappa shape index (κ1) is 16.9. The number of ether oxygens (including phenoxy) is 1. The van der Waals surface area contributed by atoms with Crippen molar-refractivity contribution in [3.05, 3.63) is 42.5 Å². The monoisotopic (exact) mass is 353 g/mol. The Morgan fingerprint density at radius 3 is 2.77 bits per heavy atom. The maximum Gasteiger partial charge on any atom is 0.200 e. The summed E-state index contributed by atoms with van der Waals surface area (Å²) in [5.41, 5.74) is 6.95. The summed E-state index contributed by atoms with van der Waals surface area (Å²) in [6.45, 7) is 0. The van der Waals surface area contributed by atoms with Crippen LogP contribution in [-0.2, 0) is 11.8 Å². The molecule has 0 unspecified atom stereocenters. The second kappa shape index (κ2) is 6.97. The first-order chi connectivity index (χ1) is 12.7. The molecular formula is C18H23N7O. The van der Waals surface area contributed by atoms with Gasteiger partial charge in [-0.05, 0) is 31.4 Å². The van der Waals surface area contributed by atoms with Crippen LogP contribution in [-0.4, -0.2) is 48.8 Å². The lowest BCUT2D eigenvalue weighted by Gasteiger charge is -2.32. The fraction of sp³-hybridized carbons (Fsp3) is 0.444. The van der Waals surface area contributed by atoms with Crippen molar-refractivity contribution in [1.29, 1.82) is 0 Å². The Balaban J connectivity index is 1.77. The zero-order valence-electron chi connectivity index (χ0n) is 15.0. The van der Waals surface area contributed by atoms with Gasteiger partial charge in [-0.1, -0.05) is 6.07 Å². The highest BCUT2D eigenvalue weighted by Crippen LogP contribution is 2.34. The number of pyridine rings is 1. The summed E-state index contributed by atoms with van der Waals surface area (Å²) in [7, 11) is 3.62. The third kappa shape index (κ3) is 3.02. The number of hydrogen-bond acceptors (Lipinski definition) is 6. The molecule has 3 heterocycles. The number of aryl methyl sites for hydroxylation is 1. The molecule has 0 aromatic carbocycles. The van der Waals surface area contributed by atoms with E-state index in [2.05, 4.69) is 10.1 Å². The fourth-order valence-electron chi connectivity index (χ4n) is 3.59. The first-order valence-corrected chi connectivity index (χ1v) is 8.82. The zero-order chi connectivity index (χ0) is 18.1. The summed E-state index contributed by atoms with van der Waals surface area (Å²) in [6, 6.07) is 7.74. The Labute approximate surface area is 152 Å². The smallest absolute Gasteiger partial charge is 0.200 e. The van der Waals surface area contributed by atoms with Gasteiger partial charge in [0.25, 0.3) is 0 Å². The molecule has 4 rings (SSSR count). The molecule has 0 bridgehead atoms. The van der Waals surface area contributed by atoms with E-state index in [4.69, 9.17) is 20.6 Å². The second-order valence-electron chi connectivity index (χ2n) is 6.68. The molecule has 8 nitrogen and oxygen atoms in total. The normalized spacial score (nSPS) is 23.3. The van der Waals surface area contributed by atoms with Crippen LogP contribution < -0.4 is 5.73 Å². The number of nitrogens with two attached hydrogens (primary N) is 1. The lowest BCUT2D eigenvalue weighted by atomic mass is 9.83. The average molecular weight is 353 g/mol. The van der Waals surface area contributed by atoms with E-state index in [0.29, 0.717) is 5.82 Å². The van der Waals surface area contributed by atoms with Gasteiger partial charge in [0.2, 0.25) is 5.82 Å². The van der Waals surface area contributed by atoms with Gasteiger partial charge in [0.1, 0.15) is 11.5 Å². The highest BCUT2D eigenvalue weighted by molar-refractivity contribution is 5.48. The second-order valence-corrected chi connectivity index (χ2v) is 6.68. The highest BCUT2D eigenvalue weighted by atomic mass is 16.5. The van der Waals surface area contributed by atoms with Crippen molar-refractivity contribution >= 4 is 0 Å². The van der Waals surface area contributed by atoms with Crippen LogP contribution in [0.4, 0.5) is 0 Å². The maximum absolute atomic E-state index is 6.19. The van der Waals surface area contributed by atoms with Crippen LogP contribution in [0.3, 0.4) is 0 Å². The Morgan fingerprint density at radius 2 is 2.08 bits per heavy atom. The average Bonchev–Trinajstić information content (AvgIpc) is 3.29. The number of nitrogens with zero attached hydrogens (tertiary/aromatic N) is 6. The number of hydrogen-bond donors (Lipinski definition) is 1. The molecule has 3 aromatic heterocycles. The molecule has 26 heavy (non-hydrogen) atoms. The van der Waals surface area contributed by atoms with Crippen LogP contribution in [0, 0.1) is 0 Å². The number of rotatable bonds is 4. The minimum atomic E-state index is 0.0312. The van der Waals surface area contributed by atoms with Crippen molar-refractivity contribution in [2.75, 3.05) is 7.11 Å². The predicted molar refractivity (Wildman–Crippen MR) is 96.7 cm³/mol. The van der Waals surface area contributed by atoms with Crippen LogP contribution in [0.25, 0.3) is 17.3 Å². The molecule has 0 saturated heterocycles. The summed E-state index contributed by atoms with van der Waals surface area (Å²) < 4.78 is 9.26. The lowest BCUT2D eigenvalue weighted by Crippen LogP contribution is -2.41. The minimum absolute atomic E-state index is 0.0312. The van der Waals surface area contributed by atoms with Crippen molar-refractivity contribution in [2.24, 2.45) is 12.8 Å². The van der Waals surface area contributed by atoms with Gasteiger partial charge in [-0.15, -0.1) is 5.10 Å². The van der Waals surface area contributed by atoms with Gasteiger partial charge >= 0.3 is 0 Å². The molecule has 0 spiro atoms. The molecule has 2 N–H and O–H groups in total. The van der Waals surface area contributed by atoms with E-state index in [1.165, 1.54) is 0 Å². The van der Waals surface area contributed by atoms with Gasteiger partial charge in [-0.3, -0.25) is 9.67 Å². The Morgan fingerprint density at radius 1 is 1.19 bits per heavy atom. The van der Waals surface area contributed by atoms with E-state index in [-0.39, 0.29) is 18.1 Å². The van der Waals surface area contributed by atoms with Crippen LogP contribution in [0.15, 0.2) is 36.7 Å². The van der Waals surface area contributed by atoms with E-state index in [1.807, 2.05) is 36.0 Å². The summed E-state index contributed by atoms with van der Waals surface area (Å²) in [4.78, 5) is 9.24. The first-order valence-electron chi connectivity index (χ1n) is 8.82. The van der Waals surface area contributed by atoms with Crippen LogP contribution in [0.5, 0.6) is 0 Å². The summed E-state index contributed by atoms with van der Waals surface area (Å²) in [5.74, 6) is 2.62. The van der Waals surface area contributed by atoms with Crippen molar-refractivity contribution < 1.29 is 4.74 Å². The van der Waals surface area contributed by atoms with Gasteiger partial charge in [-0.25, -0.2) is 4.98 Å². The Hall–Kier alpha value is -2.58. The molecule has 136 valence electrons. The summed E-state index contributed by atoms with van der Waals surface area (Å²) >= 11 is 0. The molecule has 0 radical (unpaired) electrons. The zero-order valence-corrected chi connectivity index (χ0v) is 15.0. The van der Waals surface area contributed by atoms with E-state index >= 15 is 0 Å². The van der Waals surface area contributed by atoms with Crippen molar-refractivity contribution in [1.82, 2.24) is 29.5 Å². The molecular weight excluding hydrogens is 330 g/mol. The van der Waals surface area contributed by atoms with E-state index in [0.717, 1.165) is 36.6 Å². The largest absolute Gasteiger partial charge is 0.380 e. The maximum atomic E-state index is 6.19. The van der Waals surface area contributed by atoms with Gasteiger partial charge in [0, 0.05) is 38.4 Å². The number of aromatic nitrogens is 6. The molecule has 0 amide bonds. The molecule has 8 heteroatoms. The topological polar surface area (TPSA) is 96.7 Å². The SMILES string of the molecule is CO[C@@H]1C[C@@H](c2nc(-c3ccccn3)nn2-c2ccnn2C)CC[C@H]1N. The molecule has 3 atom stereocenters. The standard InChI is InChI=1S/C18H23N7O/c1-24-16(8-10-21-24)25-18(12-6-7-13(19)15(11-12)26-2)22-17(23-25)14-5-3-4-9-20-14/h3-5,8-10,12-13,15H,6-7,11,19H2,1-2H3/t12-,13+,15+/m0/s1. The van der Waals surface area contributed by atoms with Crippen molar-refractivity contribution in [3.8, 4) is 17.3 Å². The molecule has 1 aliphatic carbocycles. The third-order valence-electron chi connectivity index (χ3n) is 5.05. The van der Waals surface area contributed by atoms with Crippen molar-refractivity contribution in [3.63, 3.8) is 0 Å². The molecule has 1 fully saturated rings. The van der Waals surface area contributed by atoms with Crippen LogP contribution >= 0.6 is 0 Å². The quantitative estimate of drug-likeness (QED) is 0.766. The predicted octanol–water partition coefficient (Wildman–Crippen LogP) is 1.67. The van der Waals surface area contributed by atoms with Crippen molar-refractivity contribution in [2.45, 2.75) is 37.3 Å². The Kier molecular flexibility index (Phi) is 4.52. The summed E-state index contributed by atoms with van der Waals surface area (Å²) in [5, 5.41) is 9.01. The van der Waals surface area contributed by atoms with Crippen LogP contribution in [0.2, 0.25) is 0 Å². The third-order valence-corrected chi connectivity index (χ3v) is 5.05. The van der Waals surface area contributed by atoms with E-state index in [9.17, 15) is 0 Å². The molecule has 0 aliphatic heterocycles. The van der Waals surface area contributed by atoms with Crippen LogP contribution in [0.1, 0.15) is 31.0 Å². The lowest BCUT2D eigenvalue weighted by molar-refractivity contribution is 0.0458. The van der Waals surface area contributed by atoms with Gasteiger partial charge in [0.15, 0.2) is 5.82 Å². The highest BCUT2D eigenvalue weighted by Gasteiger charge is 2.33. The minimum Gasteiger partial charge on any atom is -0.380 e. The molecule has 3 aromatic rings. The van der Waals surface area contributed by atoms with E-state index < -0.39 is 0 Å². The fourth-order valence-corrected chi connectivity index (χ4v) is 3.59. The van der Waals surface area contributed by atoms with E-state index in [1.54, 1.807) is 24.2 Å². The number of methoxy groups -OCH3 is 1. The molecule has 1 aliphatic rings. The van der Waals surface area contributed by atoms with Gasteiger partial charge in [-0.2, -0.15) is 9.78 Å². The van der Waals surface area contributed by atoms with Gasteiger partial charge < -0.3 is 10.5 Å². The van der Waals surface area contributed by atoms with Gasteiger partial charge in [0.05, 0.1) is 12.3 Å². The molecule has 1 saturated carbocycles. The summed E-state index contributed by atoms with van der Waals surface area (Å²) in [6.07, 6.45) is 6.23. The Bertz CT molecular complexity index is 873.